The van der Waals surface area contributed by atoms with Crippen LogP contribution in [0.25, 0.3) is 0 Å². The van der Waals surface area contributed by atoms with Gasteiger partial charge >= 0.3 is 0 Å². The summed E-state index contributed by atoms with van der Waals surface area (Å²) in [6.07, 6.45) is 0. The van der Waals surface area contributed by atoms with E-state index in [1.807, 2.05) is 12.1 Å². The van der Waals surface area contributed by atoms with E-state index in [9.17, 15) is 0 Å². The Morgan fingerprint density at radius 2 is 1.82 bits per heavy atom. The summed E-state index contributed by atoms with van der Waals surface area (Å²) in [7, 11) is 0. The van der Waals surface area contributed by atoms with Crippen LogP contribution in [0.4, 0.5) is 17.1 Å². The third kappa shape index (κ3) is 2.68. The molecule has 2 rings (SSSR count). The minimum Gasteiger partial charge on any atom is -0.399 e. The van der Waals surface area contributed by atoms with Crippen molar-refractivity contribution in [1.82, 2.24) is 0 Å². The summed E-state index contributed by atoms with van der Waals surface area (Å²) in [6, 6.07) is 14.4. The maximum absolute atomic E-state index is 8.82. The summed E-state index contributed by atoms with van der Waals surface area (Å²) in [5, 5.41) is 12.5. The fourth-order valence-electron chi connectivity index (χ4n) is 1.41. The second-order valence-electron chi connectivity index (χ2n) is 3.55. The van der Waals surface area contributed by atoms with Crippen molar-refractivity contribution in [3.8, 4) is 6.07 Å². The highest BCUT2D eigenvalue weighted by atomic mass is 35.5. The average molecular weight is 244 g/mol. The van der Waals surface area contributed by atoms with Gasteiger partial charge in [-0.25, -0.2) is 0 Å². The molecule has 0 aliphatic rings. The summed E-state index contributed by atoms with van der Waals surface area (Å²) < 4.78 is 0. The van der Waals surface area contributed by atoms with Crippen LogP contribution in [0, 0.1) is 11.3 Å². The van der Waals surface area contributed by atoms with E-state index >= 15 is 0 Å². The van der Waals surface area contributed by atoms with E-state index in [2.05, 4.69) is 11.4 Å². The normalized spacial score (nSPS) is 9.65. The van der Waals surface area contributed by atoms with Crippen LogP contribution in [0.3, 0.4) is 0 Å². The SMILES string of the molecule is N#Cc1ccc(Cl)c(Nc2ccc(N)cc2)c1. The van der Waals surface area contributed by atoms with Crippen LogP contribution >= 0.6 is 11.6 Å². The lowest BCUT2D eigenvalue weighted by molar-refractivity contribution is 1.47. The third-order valence-corrected chi connectivity index (χ3v) is 2.61. The molecule has 84 valence electrons. The maximum atomic E-state index is 8.82. The molecule has 0 saturated carbocycles. The number of hydrogen-bond donors (Lipinski definition) is 2. The Hall–Kier alpha value is -2.18. The number of halogens is 1. The number of rotatable bonds is 2. The predicted octanol–water partition coefficient (Wildman–Crippen LogP) is 3.54. The smallest absolute Gasteiger partial charge is 0.0992 e. The van der Waals surface area contributed by atoms with Gasteiger partial charge in [0.25, 0.3) is 0 Å². The zero-order valence-electron chi connectivity index (χ0n) is 8.94. The van der Waals surface area contributed by atoms with Crippen molar-refractivity contribution < 1.29 is 0 Å². The molecule has 0 spiro atoms. The highest BCUT2D eigenvalue weighted by Crippen LogP contribution is 2.26. The van der Waals surface area contributed by atoms with Gasteiger partial charge in [0, 0.05) is 11.4 Å². The molecule has 0 atom stereocenters. The molecule has 0 unspecified atom stereocenters. The first-order chi connectivity index (χ1) is 8.19. The van der Waals surface area contributed by atoms with Crippen LogP contribution in [-0.4, -0.2) is 0 Å². The minimum absolute atomic E-state index is 0.562. The summed E-state index contributed by atoms with van der Waals surface area (Å²) >= 11 is 6.04. The zero-order valence-corrected chi connectivity index (χ0v) is 9.70. The van der Waals surface area contributed by atoms with Gasteiger partial charge in [-0.15, -0.1) is 0 Å². The molecular formula is C13H10ClN3. The number of hydrogen-bond acceptors (Lipinski definition) is 3. The van der Waals surface area contributed by atoms with Crippen LogP contribution in [-0.2, 0) is 0 Å². The van der Waals surface area contributed by atoms with E-state index in [4.69, 9.17) is 22.6 Å². The monoisotopic (exact) mass is 243 g/mol. The molecule has 2 aromatic carbocycles. The molecule has 0 aliphatic carbocycles. The van der Waals surface area contributed by atoms with Gasteiger partial charge in [0.1, 0.15) is 0 Å². The topological polar surface area (TPSA) is 61.8 Å². The summed E-state index contributed by atoms with van der Waals surface area (Å²) in [4.78, 5) is 0. The van der Waals surface area contributed by atoms with E-state index < -0.39 is 0 Å². The van der Waals surface area contributed by atoms with E-state index in [-0.39, 0.29) is 0 Å². The van der Waals surface area contributed by atoms with Crippen LogP contribution in [0.2, 0.25) is 5.02 Å². The van der Waals surface area contributed by atoms with Crippen molar-refractivity contribution in [1.29, 1.82) is 5.26 Å². The molecule has 0 saturated heterocycles. The Bertz CT molecular complexity index is 570. The van der Waals surface area contributed by atoms with Crippen molar-refractivity contribution >= 4 is 28.7 Å². The largest absolute Gasteiger partial charge is 0.399 e. The van der Waals surface area contributed by atoms with Gasteiger partial charge in [0.2, 0.25) is 0 Å². The highest BCUT2D eigenvalue weighted by molar-refractivity contribution is 6.33. The second-order valence-corrected chi connectivity index (χ2v) is 3.96. The molecule has 0 amide bonds. The first-order valence-corrected chi connectivity index (χ1v) is 5.39. The molecule has 0 bridgehead atoms. The van der Waals surface area contributed by atoms with E-state index in [1.165, 1.54) is 0 Å². The third-order valence-electron chi connectivity index (χ3n) is 2.29. The Morgan fingerprint density at radius 3 is 2.47 bits per heavy atom. The van der Waals surface area contributed by atoms with Gasteiger partial charge in [-0.2, -0.15) is 5.26 Å². The Kier molecular flexibility index (Phi) is 3.17. The zero-order chi connectivity index (χ0) is 12.3. The second kappa shape index (κ2) is 4.77. The summed E-state index contributed by atoms with van der Waals surface area (Å²) in [5.41, 5.74) is 8.44. The van der Waals surface area contributed by atoms with Crippen LogP contribution in [0.5, 0.6) is 0 Å². The molecule has 17 heavy (non-hydrogen) atoms. The number of anilines is 3. The van der Waals surface area contributed by atoms with Gasteiger partial charge in [-0.1, -0.05) is 11.6 Å². The van der Waals surface area contributed by atoms with Gasteiger partial charge in [0.15, 0.2) is 0 Å². The molecule has 0 radical (unpaired) electrons. The van der Waals surface area contributed by atoms with Crippen molar-refractivity contribution in [2.75, 3.05) is 11.1 Å². The predicted molar refractivity (Wildman–Crippen MR) is 70.3 cm³/mol. The van der Waals surface area contributed by atoms with Crippen molar-refractivity contribution in [2.45, 2.75) is 0 Å². The van der Waals surface area contributed by atoms with E-state index in [0.717, 1.165) is 5.69 Å². The number of nitrogens with two attached hydrogens (primary N) is 1. The van der Waals surface area contributed by atoms with E-state index in [0.29, 0.717) is 22.0 Å². The molecule has 0 heterocycles. The van der Waals surface area contributed by atoms with Gasteiger partial charge in [0.05, 0.1) is 22.3 Å². The van der Waals surface area contributed by atoms with Crippen LogP contribution in [0.15, 0.2) is 42.5 Å². The van der Waals surface area contributed by atoms with Crippen LogP contribution in [0.1, 0.15) is 5.56 Å². The maximum Gasteiger partial charge on any atom is 0.0992 e. The van der Waals surface area contributed by atoms with Gasteiger partial charge in [-0.3, -0.25) is 0 Å². The number of nitriles is 1. The molecule has 0 fully saturated rings. The Balaban J connectivity index is 2.29. The fourth-order valence-corrected chi connectivity index (χ4v) is 1.58. The minimum atomic E-state index is 0.562. The van der Waals surface area contributed by atoms with Gasteiger partial charge < -0.3 is 11.1 Å². The first kappa shape index (κ1) is 11.3. The number of benzene rings is 2. The number of nitrogens with zero attached hydrogens (tertiary/aromatic N) is 1. The van der Waals surface area contributed by atoms with E-state index in [1.54, 1.807) is 30.3 Å². The lowest BCUT2D eigenvalue weighted by Crippen LogP contribution is -1.92. The highest BCUT2D eigenvalue weighted by Gasteiger charge is 2.02. The molecule has 4 heteroatoms. The lowest BCUT2D eigenvalue weighted by atomic mass is 10.2. The fraction of sp³-hybridized carbons (Fsp3) is 0. The molecule has 2 aromatic rings. The summed E-state index contributed by atoms with van der Waals surface area (Å²) in [6.45, 7) is 0. The molecular weight excluding hydrogens is 234 g/mol. The van der Waals surface area contributed by atoms with Crippen molar-refractivity contribution in [2.24, 2.45) is 0 Å². The quantitative estimate of drug-likeness (QED) is 0.793. The molecule has 3 nitrogen and oxygen atoms in total. The Morgan fingerprint density at radius 1 is 1.12 bits per heavy atom. The standard InChI is InChI=1S/C13H10ClN3/c14-12-6-1-9(8-15)7-13(12)17-11-4-2-10(16)3-5-11/h1-7,17H,16H2. The summed E-state index contributed by atoms with van der Waals surface area (Å²) in [5.74, 6) is 0. The van der Waals surface area contributed by atoms with Crippen LogP contribution < -0.4 is 11.1 Å². The van der Waals surface area contributed by atoms with Crippen molar-refractivity contribution in [3.63, 3.8) is 0 Å². The molecule has 3 N–H and O–H groups in total. The van der Waals surface area contributed by atoms with Crippen molar-refractivity contribution in [3.05, 3.63) is 53.1 Å². The molecule has 0 aliphatic heterocycles. The first-order valence-electron chi connectivity index (χ1n) is 5.01. The average Bonchev–Trinajstić information content (AvgIpc) is 2.35. The molecule has 0 aromatic heterocycles. The lowest BCUT2D eigenvalue weighted by Gasteiger charge is -2.08. The van der Waals surface area contributed by atoms with Gasteiger partial charge in [-0.05, 0) is 42.5 Å². The Labute approximate surface area is 104 Å². The number of nitrogen functional groups attached to an aromatic ring is 1. The number of nitrogens with one attached hydrogen (secondary N) is 1.